The highest BCUT2D eigenvalue weighted by atomic mass is 16.5. The number of methoxy groups -OCH3 is 1. The average Bonchev–Trinajstić information content (AvgIpc) is 2.80. The van der Waals surface area contributed by atoms with Gasteiger partial charge < -0.3 is 25.0 Å². The Labute approximate surface area is 186 Å². The summed E-state index contributed by atoms with van der Waals surface area (Å²) in [4.78, 5) is 11.1. The molecule has 0 radical (unpaired) electrons. The minimum absolute atomic E-state index is 0.622. The SMILES string of the molecule is CCOc1cc(CCCNC(=NC)NCc2ccc(N(CC)CC)nc2)ccc1OC. The topological polar surface area (TPSA) is 71.0 Å². The Balaban J connectivity index is 1.77. The summed E-state index contributed by atoms with van der Waals surface area (Å²) >= 11 is 0. The zero-order valence-corrected chi connectivity index (χ0v) is 19.6. The smallest absolute Gasteiger partial charge is 0.191 e. The number of nitrogens with zero attached hydrogens (tertiary/aromatic N) is 3. The highest BCUT2D eigenvalue weighted by molar-refractivity contribution is 5.79. The third-order valence-electron chi connectivity index (χ3n) is 5.04. The number of aliphatic imine (C=N–C) groups is 1. The lowest BCUT2D eigenvalue weighted by Gasteiger charge is -2.19. The van der Waals surface area contributed by atoms with Gasteiger partial charge in [0, 0.05) is 39.4 Å². The van der Waals surface area contributed by atoms with Gasteiger partial charge in [-0.15, -0.1) is 0 Å². The van der Waals surface area contributed by atoms with Gasteiger partial charge in [-0.1, -0.05) is 12.1 Å². The maximum atomic E-state index is 5.66. The Morgan fingerprint density at radius 2 is 1.81 bits per heavy atom. The van der Waals surface area contributed by atoms with Gasteiger partial charge in [-0.3, -0.25) is 4.99 Å². The van der Waals surface area contributed by atoms with Gasteiger partial charge >= 0.3 is 0 Å². The van der Waals surface area contributed by atoms with Crippen LogP contribution < -0.4 is 25.0 Å². The quantitative estimate of drug-likeness (QED) is 0.306. The molecule has 2 rings (SSSR count). The summed E-state index contributed by atoms with van der Waals surface area (Å²) in [7, 11) is 3.45. The fourth-order valence-electron chi connectivity index (χ4n) is 3.31. The number of anilines is 1. The van der Waals surface area contributed by atoms with Gasteiger partial charge in [0.2, 0.25) is 0 Å². The molecule has 0 bridgehead atoms. The second-order valence-electron chi connectivity index (χ2n) is 7.07. The number of nitrogens with one attached hydrogen (secondary N) is 2. The second-order valence-corrected chi connectivity index (χ2v) is 7.07. The highest BCUT2D eigenvalue weighted by Crippen LogP contribution is 2.28. The van der Waals surface area contributed by atoms with E-state index >= 15 is 0 Å². The number of guanidine groups is 1. The van der Waals surface area contributed by atoms with Crippen LogP contribution in [0.25, 0.3) is 0 Å². The van der Waals surface area contributed by atoms with Gasteiger partial charge in [0.1, 0.15) is 5.82 Å². The average molecular weight is 428 g/mol. The van der Waals surface area contributed by atoms with Crippen LogP contribution in [0.5, 0.6) is 11.5 Å². The Morgan fingerprint density at radius 1 is 1.03 bits per heavy atom. The Kier molecular flexibility index (Phi) is 10.5. The molecule has 7 heteroatoms. The van der Waals surface area contributed by atoms with Crippen LogP contribution in [0.15, 0.2) is 41.5 Å². The summed E-state index contributed by atoms with van der Waals surface area (Å²) < 4.78 is 11.0. The Hall–Kier alpha value is -2.96. The predicted molar refractivity (Wildman–Crippen MR) is 128 cm³/mol. The summed E-state index contributed by atoms with van der Waals surface area (Å²) in [6, 6.07) is 10.3. The van der Waals surface area contributed by atoms with E-state index in [1.165, 1.54) is 5.56 Å². The standard InChI is InChI=1S/C24H37N5O2/c1-6-29(7-2)23-14-12-20(17-27-23)18-28-24(25-4)26-15-9-10-19-11-13-21(30-5)22(16-19)31-8-3/h11-14,16-17H,6-10,15,18H2,1-5H3,(H2,25,26,28). The molecule has 0 spiro atoms. The van der Waals surface area contributed by atoms with Crippen LogP contribution in [0.3, 0.4) is 0 Å². The lowest BCUT2D eigenvalue weighted by molar-refractivity contribution is 0.310. The van der Waals surface area contributed by atoms with Crippen LogP contribution in [-0.2, 0) is 13.0 Å². The molecule has 0 aliphatic rings. The first-order chi connectivity index (χ1) is 15.1. The molecule has 170 valence electrons. The monoisotopic (exact) mass is 427 g/mol. The third kappa shape index (κ3) is 7.66. The summed E-state index contributed by atoms with van der Waals surface area (Å²) in [5, 5.41) is 6.73. The van der Waals surface area contributed by atoms with Crippen molar-refractivity contribution >= 4 is 11.8 Å². The number of rotatable bonds is 12. The first-order valence-corrected chi connectivity index (χ1v) is 11.1. The normalized spacial score (nSPS) is 11.2. The molecule has 0 aliphatic heterocycles. The van der Waals surface area contributed by atoms with E-state index in [0.717, 1.165) is 61.3 Å². The van der Waals surface area contributed by atoms with E-state index in [2.05, 4.69) is 63.6 Å². The molecule has 1 aromatic carbocycles. The maximum Gasteiger partial charge on any atom is 0.191 e. The molecule has 0 aliphatic carbocycles. The van der Waals surface area contributed by atoms with Crippen LogP contribution in [-0.4, -0.2) is 51.3 Å². The number of aryl methyl sites for hydroxylation is 1. The van der Waals surface area contributed by atoms with E-state index in [-0.39, 0.29) is 0 Å². The first-order valence-electron chi connectivity index (χ1n) is 11.1. The van der Waals surface area contributed by atoms with Gasteiger partial charge in [0.05, 0.1) is 13.7 Å². The zero-order chi connectivity index (χ0) is 22.5. The number of ether oxygens (including phenoxy) is 2. The fraction of sp³-hybridized carbons (Fsp3) is 0.500. The molecule has 0 saturated carbocycles. The van der Waals surface area contributed by atoms with Gasteiger partial charge in [0.25, 0.3) is 0 Å². The Bertz CT molecular complexity index is 804. The van der Waals surface area contributed by atoms with Crippen molar-refractivity contribution in [3.8, 4) is 11.5 Å². The number of hydrogen-bond donors (Lipinski definition) is 2. The molecule has 7 nitrogen and oxygen atoms in total. The zero-order valence-electron chi connectivity index (χ0n) is 19.6. The second kappa shape index (κ2) is 13.4. The lowest BCUT2D eigenvalue weighted by Crippen LogP contribution is -2.37. The van der Waals surface area contributed by atoms with Crippen molar-refractivity contribution in [1.29, 1.82) is 0 Å². The number of hydrogen-bond acceptors (Lipinski definition) is 5. The van der Waals surface area contributed by atoms with Crippen LogP contribution in [0.4, 0.5) is 5.82 Å². The Morgan fingerprint density at radius 3 is 2.42 bits per heavy atom. The predicted octanol–water partition coefficient (Wildman–Crippen LogP) is 3.63. The molecule has 0 saturated heterocycles. The first kappa shape index (κ1) is 24.3. The third-order valence-corrected chi connectivity index (χ3v) is 5.04. The highest BCUT2D eigenvalue weighted by Gasteiger charge is 2.06. The summed E-state index contributed by atoms with van der Waals surface area (Å²) in [6.07, 6.45) is 3.86. The van der Waals surface area contributed by atoms with Crippen molar-refractivity contribution in [2.24, 2.45) is 4.99 Å². The van der Waals surface area contributed by atoms with Gasteiger partial charge in [-0.25, -0.2) is 4.98 Å². The largest absolute Gasteiger partial charge is 0.493 e. The molecule has 0 atom stereocenters. The van der Waals surface area contributed by atoms with Crippen molar-refractivity contribution in [2.75, 3.05) is 45.3 Å². The van der Waals surface area contributed by atoms with Crippen molar-refractivity contribution in [2.45, 2.75) is 40.2 Å². The fourth-order valence-corrected chi connectivity index (χ4v) is 3.31. The molecule has 0 unspecified atom stereocenters. The van der Waals surface area contributed by atoms with Crippen LogP contribution >= 0.6 is 0 Å². The molecule has 2 N–H and O–H groups in total. The molecule has 1 aromatic heterocycles. The lowest BCUT2D eigenvalue weighted by atomic mass is 10.1. The molecular weight excluding hydrogens is 390 g/mol. The van der Waals surface area contributed by atoms with Gasteiger partial charge in [-0.2, -0.15) is 0 Å². The number of benzene rings is 1. The van der Waals surface area contributed by atoms with Crippen molar-refractivity contribution < 1.29 is 9.47 Å². The van der Waals surface area contributed by atoms with Crippen molar-refractivity contribution in [3.63, 3.8) is 0 Å². The van der Waals surface area contributed by atoms with E-state index < -0.39 is 0 Å². The maximum absolute atomic E-state index is 5.66. The van der Waals surface area contributed by atoms with Gasteiger partial charge in [-0.05, 0) is 62.9 Å². The van der Waals surface area contributed by atoms with Crippen LogP contribution in [0.1, 0.15) is 38.3 Å². The number of aromatic nitrogens is 1. The van der Waals surface area contributed by atoms with Gasteiger partial charge in [0.15, 0.2) is 17.5 Å². The molecule has 31 heavy (non-hydrogen) atoms. The molecular formula is C24H37N5O2. The minimum atomic E-state index is 0.622. The number of pyridine rings is 1. The molecule has 1 heterocycles. The van der Waals surface area contributed by atoms with E-state index in [1.54, 1.807) is 14.2 Å². The summed E-state index contributed by atoms with van der Waals surface area (Å²) in [6.45, 7) is 10.3. The molecule has 2 aromatic rings. The summed E-state index contributed by atoms with van der Waals surface area (Å²) in [5.41, 5.74) is 2.36. The van der Waals surface area contributed by atoms with E-state index in [1.807, 2.05) is 19.2 Å². The van der Waals surface area contributed by atoms with Crippen LogP contribution in [0.2, 0.25) is 0 Å². The van der Waals surface area contributed by atoms with Crippen molar-refractivity contribution in [1.82, 2.24) is 15.6 Å². The van der Waals surface area contributed by atoms with Crippen molar-refractivity contribution in [3.05, 3.63) is 47.7 Å². The minimum Gasteiger partial charge on any atom is -0.493 e. The van der Waals surface area contributed by atoms with E-state index in [9.17, 15) is 0 Å². The van der Waals surface area contributed by atoms with Crippen LogP contribution in [0, 0.1) is 0 Å². The summed E-state index contributed by atoms with van der Waals surface area (Å²) in [5.74, 6) is 3.38. The van der Waals surface area contributed by atoms with E-state index in [0.29, 0.717) is 13.2 Å². The molecule has 0 fully saturated rings. The van der Waals surface area contributed by atoms with E-state index in [4.69, 9.17) is 9.47 Å². The molecule has 0 amide bonds.